The van der Waals surface area contributed by atoms with E-state index in [0.717, 1.165) is 18.8 Å². The Kier molecular flexibility index (Phi) is 7.12. The number of amides is 1. The topological polar surface area (TPSA) is 108 Å². The van der Waals surface area contributed by atoms with Gasteiger partial charge in [-0.05, 0) is 61.0 Å². The van der Waals surface area contributed by atoms with Gasteiger partial charge < -0.3 is 25.0 Å². The number of carboxylic acid groups (broad SMARTS) is 1. The smallest absolute Gasteiger partial charge is 0.337 e. The Bertz CT molecular complexity index is 1170. The maximum Gasteiger partial charge on any atom is 0.337 e. The minimum atomic E-state index is -1.06. The first-order valence-corrected chi connectivity index (χ1v) is 11.1. The van der Waals surface area contributed by atoms with Gasteiger partial charge in [0, 0.05) is 37.4 Å². The first-order chi connectivity index (χ1) is 16.4. The summed E-state index contributed by atoms with van der Waals surface area (Å²) in [5.74, 6) is -0.00376. The van der Waals surface area contributed by atoms with Gasteiger partial charge in [0.1, 0.15) is 5.75 Å². The molecule has 1 aliphatic rings. The number of hydrogen-bond acceptors (Lipinski definition) is 7. The van der Waals surface area contributed by atoms with Gasteiger partial charge >= 0.3 is 5.97 Å². The number of ether oxygens (including phenoxy) is 1. The Labute approximate surface area is 201 Å². The molecule has 1 amide bonds. The van der Waals surface area contributed by atoms with Gasteiger partial charge in [0.15, 0.2) is 11.0 Å². The highest BCUT2D eigenvalue weighted by Crippen LogP contribution is 2.27. The van der Waals surface area contributed by atoms with Crippen LogP contribution >= 0.6 is 11.6 Å². The molecule has 3 aromatic rings. The number of carbonyl (C=O) groups is 2. The van der Waals surface area contributed by atoms with Crippen molar-refractivity contribution in [1.82, 2.24) is 10.2 Å². The second-order valence-corrected chi connectivity index (χ2v) is 8.15. The molecular weight excluding hydrogens is 458 g/mol. The predicted octanol–water partition coefficient (Wildman–Crippen LogP) is 3.81. The van der Waals surface area contributed by atoms with E-state index < -0.39 is 5.97 Å². The summed E-state index contributed by atoms with van der Waals surface area (Å²) in [4.78, 5) is 28.8. The number of methoxy groups -OCH3 is 1. The average Bonchev–Trinajstić information content (AvgIpc) is 3.11. The molecule has 2 heterocycles. The highest BCUT2D eigenvalue weighted by atomic mass is 35.5. The molecule has 0 radical (unpaired) electrons. The van der Waals surface area contributed by atoms with Crippen LogP contribution in [0.25, 0.3) is 0 Å². The Hall–Kier alpha value is -3.85. The van der Waals surface area contributed by atoms with Crippen molar-refractivity contribution in [3.8, 4) is 5.75 Å². The molecule has 2 N–H and O–H groups in total. The quantitative estimate of drug-likeness (QED) is 0.547. The molecule has 0 unspecified atom stereocenters. The lowest BCUT2D eigenvalue weighted by Crippen LogP contribution is -2.32. The van der Waals surface area contributed by atoms with Crippen molar-refractivity contribution in [2.45, 2.75) is 6.42 Å². The monoisotopic (exact) mass is 481 g/mol. The molecule has 9 nitrogen and oxygen atoms in total. The zero-order chi connectivity index (χ0) is 24.1. The van der Waals surface area contributed by atoms with Gasteiger partial charge in [-0.2, -0.15) is 0 Å². The minimum absolute atomic E-state index is 0.132. The number of carboxylic acids is 1. The second-order valence-electron chi connectivity index (χ2n) is 7.76. The van der Waals surface area contributed by atoms with E-state index in [4.69, 9.17) is 16.3 Å². The van der Waals surface area contributed by atoms with Crippen molar-refractivity contribution in [2.24, 2.45) is 0 Å². The molecule has 1 aromatic heterocycles. The van der Waals surface area contributed by atoms with Crippen LogP contribution in [0.5, 0.6) is 5.75 Å². The van der Waals surface area contributed by atoms with Crippen molar-refractivity contribution < 1.29 is 19.4 Å². The second kappa shape index (κ2) is 10.4. The number of rotatable bonds is 6. The average molecular weight is 482 g/mol. The number of aromatic nitrogens is 2. The van der Waals surface area contributed by atoms with Gasteiger partial charge in [0.2, 0.25) is 0 Å². The van der Waals surface area contributed by atoms with Crippen LogP contribution in [-0.4, -0.2) is 60.5 Å². The van der Waals surface area contributed by atoms with Crippen molar-refractivity contribution in [1.29, 1.82) is 0 Å². The highest BCUT2D eigenvalue weighted by molar-refractivity contribution is 6.29. The number of carbonyl (C=O) groups excluding carboxylic acids is 1. The SMILES string of the molecule is COc1ccc(C(=O)Nc2ccc(N3CCCN(c4ccc(Cl)nn4)CC3)c(C(=O)O)c2)cc1. The summed E-state index contributed by atoms with van der Waals surface area (Å²) < 4.78 is 5.11. The maximum absolute atomic E-state index is 12.6. The Morgan fingerprint density at radius 1 is 0.971 bits per heavy atom. The van der Waals surface area contributed by atoms with Crippen molar-refractivity contribution in [3.63, 3.8) is 0 Å². The van der Waals surface area contributed by atoms with Crippen LogP contribution in [-0.2, 0) is 0 Å². The van der Waals surface area contributed by atoms with Crippen LogP contribution in [0.2, 0.25) is 5.15 Å². The molecule has 0 aliphatic carbocycles. The van der Waals surface area contributed by atoms with Crippen molar-refractivity contribution >= 4 is 40.7 Å². The van der Waals surface area contributed by atoms with E-state index in [1.54, 1.807) is 49.6 Å². The zero-order valence-electron chi connectivity index (χ0n) is 18.6. The lowest BCUT2D eigenvalue weighted by Gasteiger charge is -2.25. The van der Waals surface area contributed by atoms with E-state index in [0.29, 0.717) is 47.5 Å². The molecule has 10 heteroatoms. The molecule has 0 bridgehead atoms. The fraction of sp³-hybridized carbons (Fsp3) is 0.250. The number of anilines is 3. The molecule has 176 valence electrons. The molecule has 0 saturated carbocycles. The molecule has 2 aromatic carbocycles. The van der Waals surface area contributed by atoms with Gasteiger partial charge in [0.05, 0.1) is 18.4 Å². The van der Waals surface area contributed by atoms with E-state index in [1.165, 1.54) is 6.07 Å². The Balaban J connectivity index is 1.49. The lowest BCUT2D eigenvalue weighted by atomic mass is 10.1. The van der Waals surface area contributed by atoms with E-state index in [1.807, 2.05) is 11.0 Å². The summed E-state index contributed by atoms with van der Waals surface area (Å²) in [6.07, 6.45) is 0.819. The number of halogens is 1. The van der Waals surface area contributed by atoms with Crippen LogP contribution in [0, 0.1) is 0 Å². The van der Waals surface area contributed by atoms with E-state index >= 15 is 0 Å². The van der Waals surface area contributed by atoms with Gasteiger partial charge in [-0.15, -0.1) is 10.2 Å². The van der Waals surface area contributed by atoms with Gasteiger partial charge in [0.25, 0.3) is 5.91 Å². The first-order valence-electron chi connectivity index (χ1n) is 10.8. The summed E-state index contributed by atoms with van der Waals surface area (Å²) in [6.45, 7) is 2.73. The maximum atomic E-state index is 12.6. The number of hydrogen-bond donors (Lipinski definition) is 2. The molecule has 4 rings (SSSR count). The summed E-state index contributed by atoms with van der Waals surface area (Å²) in [6, 6.07) is 15.2. The third-order valence-electron chi connectivity index (χ3n) is 5.62. The first kappa shape index (κ1) is 23.3. The standard InChI is InChI=1S/C24H24ClN5O4/c1-34-18-6-3-16(4-7-18)23(31)26-17-5-8-20(19(15-17)24(32)33)29-11-2-12-30(14-13-29)22-10-9-21(25)27-28-22/h3-10,15H,2,11-14H2,1H3,(H,26,31)(H,32,33). The molecule has 0 atom stereocenters. The molecule has 34 heavy (non-hydrogen) atoms. The summed E-state index contributed by atoms with van der Waals surface area (Å²) in [5.41, 5.74) is 1.60. The number of nitrogens with one attached hydrogen (secondary N) is 1. The van der Waals surface area contributed by atoms with Gasteiger partial charge in [-0.3, -0.25) is 4.79 Å². The predicted molar refractivity (Wildman–Crippen MR) is 130 cm³/mol. The molecule has 0 spiro atoms. The Morgan fingerprint density at radius 2 is 1.71 bits per heavy atom. The molecule has 1 aliphatic heterocycles. The van der Waals surface area contributed by atoms with Crippen molar-refractivity contribution in [2.75, 3.05) is 48.4 Å². The van der Waals surface area contributed by atoms with Crippen LogP contribution in [0.15, 0.2) is 54.6 Å². The molecular formula is C24H24ClN5O4. The van der Waals surface area contributed by atoms with Crippen LogP contribution in [0.4, 0.5) is 17.2 Å². The van der Waals surface area contributed by atoms with E-state index in [2.05, 4.69) is 20.4 Å². The largest absolute Gasteiger partial charge is 0.497 e. The summed E-state index contributed by atoms with van der Waals surface area (Å²) in [7, 11) is 1.55. The zero-order valence-corrected chi connectivity index (χ0v) is 19.3. The van der Waals surface area contributed by atoms with E-state index in [-0.39, 0.29) is 11.5 Å². The van der Waals surface area contributed by atoms with Gasteiger partial charge in [-0.25, -0.2) is 4.79 Å². The lowest BCUT2D eigenvalue weighted by molar-refractivity contribution is 0.0697. The van der Waals surface area contributed by atoms with Crippen LogP contribution < -0.4 is 19.9 Å². The summed E-state index contributed by atoms with van der Waals surface area (Å²) >= 11 is 5.84. The minimum Gasteiger partial charge on any atom is -0.497 e. The normalized spacial score (nSPS) is 13.8. The highest BCUT2D eigenvalue weighted by Gasteiger charge is 2.21. The number of benzene rings is 2. The molecule has 1 saturated heterocycles. The number of aromatic carboxylic acids is 1. The number of nitrogens with zero attached hydrogens (tertiary/aromatic N) is 4. The van der Waals surface area contributed by atoms with E-state index in [9.17, 15) is 14.7 Å². The van der Waals surface area contributed by atoms with Crippen LogP contribution in [0.1, 0.15) is 27.1 Å². The Morgan fingerprint density at radius 3 is 2.38 bits per heavy atom. The fourth-order valence-electron chi connectivity index (χ4n) is 3.87. The molecule has 1 fully saturated rings. The van der Waals surface area contributed by atoms with Crippen molar-refractivity contribution in [3.05, 3.63) is 70.9 Å². The fourth-order valence-corrected chi connectivity index (χ4v) is 3.97. The van der Waals surface area contributed by atoms with Crippen LogP contribution in [0.3, 0.4) is 0 Å². The summed E-state index contributed by atoms with van der Waals surface area (Å²) in [5, 5.41) is 21.0. The third kappa shape index (κ3) is 5.37. The van der Waals surface area contributed by atoms with Gasteiger partial charge in [-0.1, -0.05) is 11.6 Å². The third-order valence-corrected chi connectivity index (χ3v) is 5.82.